The maximum absolute atomic E-state index is 12.5. The molecule has 0 aliphatic carbocycles. The van der Waals surface area contributed by atoms with Crippen molar-refractivity contribution in [3.63, 3.8) is 0 Å². The maximum Gasteiger partial charge on any atom is 0.337 e. The Hall–Kier alpha value is -1.15. The van der Waals surface area contributed by atoms with Crippen LogP contribution in [-0.2, 0) is 14.8 Å². The molecule has 1 fully saturated rings. The standard InChI is InChI=1S/C12H15ClN2O4S/c1-19-12(16)9-2-3-10(13)11(8-9)20(17,18)15-6-4-14-5-7-15/h2-3,8,14H,4-7H2,1H3. The van der Waals surface area contributed by atoms with E-state index in [1.54, 1.807) is 0 Å². The third kappa shape index (κ3) is 2.95. The molecule has 1 heterocycles. The van der Waals surface area contributed by atoms with Gasteiger partial charge >= 0.3 is 5.97 Å². The summed E-state index contributed by atoms with van der Waals surface area (Å²) < 4.78 is 31.0. The lowest BCUT2D eigenvalue weighted by Gasteiger charge is -2.27. The molecule has 0 spiro atoms. The number of methoxy groups -OCH3 is 1. The van der Waals surface area contributed by atoms with Crippen LogP contribution in [0, 0.1) is 0 Å². The van der Waals surface area contributed by atoms with Gasteiger partial charge in [0, 0.05) is 26.2 Å². The molecule has 1 aromatic carbocycles. The van der Waals surface area contributed by atoms with Gasteiger partial charge < -0.3 is 10.1 Å². The molecule has 20 heavy (non-hydrogen) atoms. The summed E-state index contributed by atoms with van der Waals surface area (Å²) in [5.41, 5.74) is 0.158. The minimum atomic E-state index is -3.70. The summed E-state index contributed by atoms with van der Waals surface area (Å²) in [6.45, 7) is 1.93. The number of esters is 1. The van der Waals surface area contributed by atoms with Crippen molar-refractivity contribution in [3.8, 4) is 0 Å². The van der Waals surface area contributed by atoms with Gasteiger partial charge in [0.25, 0.3) is 0 Å². The number of benzene rings is 1. The number of sulfonamides is 1. The van der Waals surface area contributed by atoms with Gasteiger partial charge in [0.2, 0.25) is 10.0 Å². The van der Waals surface area contributed by atoms with Crippen molar-refractivity contribution in [3.05, 3.63) is 28.8 Å². The van der Waals surface area contributed by atoms with E-state index in [-0.39, 0.29) is 15.5 Å². The Kier molecular flexibility index (Phi) is 4.64. The molecular weight excluding hydrogens is 304 g/mol. The van der Waals surface area contributed by atoms with Gasteiger partial charge in [-0.25, -0.2) is 13.2 Å². The topological polar surface area (TPSA) is 75.7 Å². The molecule has 0 amide bonds. The number of carbonyl (C=O) groups excluding carboxylic acids is 1. The predicted octanol–water partition coefficient (Wildman–Crippen LogP) is 0.720. The van der Waals surface area contributed by atoms with Gasteiger partial charge in [0.05, 0.1) is 17.7 Å². The predicted molar refractivity (Wildman–Crippen MR) is 74.4 cm³/mol. The fourth-order valence-corrected chi connectivity index (χ4v) is 3.91. The number of ether oxygens (including phenoxy) is 1. The Labute approximate surface area is 122 Å². The molecule has 0 radical (unpaired) electrons. The van der Waals surface area contributed by atoms with Crippen molar-refractivity contribution in [2.75, 3.05) is 33.3 Å². The lowest BCUT2D eigenvalue weighted by Crippen LogP contribution is -2.46. The molecule has 2 rings (SSSR count). The Morgan fingerprint density at radius 2 is 2.00 bits per heavy atom. The summed E-state index contributed by atoms with van der Waals surface area (Å²) in [4.78, 5) is 11.4. The van der Waals surface area contributed by atoms with Crippen LogP contribution in [0.15, 0.2) is 23.1 Å². The van der Waals surface area contributed by atoms with Crippen LogP contribution < -0.4 is 5.32 Å². The number of nitrogens with one attached hydrogen (secondary N) is 1. The Morgan fingerprint density at radius 3 is 2.60 bits per heavy atom. The fourth-order valence-electron chi connectivity index (χ4n) is 1.97. The van der Waals surface area contributed by atoms with Crippen LogP contribution >= 0.6 is 11.6 Å². The van der Waals surface area contributed by atoms with E-state index >= 15 is 0 Å². The molecule has 1 saturated heterocycles. The van der Waals surface area contributed by atoms with Gasteiger partial charge in [-0.3, -0.25) is 0 Å². The molecule has 0 saturated carbocycles. The summed E-state index contributed by atoms with van der Waals surface area (Å²) in [7, 11) is -2.47. The first kappa shape index (κ1) is 15.2. The number of rotatable bonds is 3. The van der Waals surface area contributed by atoms with Crippen LogP contribution in [0.25, 0.3) is 0 Å². The highest BCUT2D eigenvalue weighted by Gasteiger charge is 2.28. The van der Waals surface area contributed by atoms with Gasteiger partial charge in [0.1, 0.15) is 4.90 Å². The molecular formula is C12H15ClN2O4S. The molecule has 0 atom stereocenters. The first-order chi connectivity index (χ1) is 9.46. The number of nitrogens with zero attached hydrogens (tertiary/aromatic N) is 1. The highest BCUT2D eigenvalue weighted by Crippen LogP contribution is 2.26. The van der Waals surface area contributed by atoms with Gasteiger partial charge in [-0.05, 0) is 18.2 Å². The minimum Gasteiger partial charge on any atom is -0.465 e. The fraction of sp³-hybridized carbons (Fsp3) is 0.417. The molecule has 1 N–H and O–H groups in total. The van der Waals surface area contributed by atoms with Crippen molar-refractivity contribution in [2.24, 2.45) is 0 Å². The Balaban J connectivity index is 2.42. The lowest BCUT2D eigenvalue weighted by atomic mass is 10.2. The van der Waals surface area contributed by atoms with Gasteiger partial charge in [0.15, 0.2) is 0 Å². The first-order valence-electron chi connectivity index (χ1n) is 6.05. The molecule has 0 bridgehead atoms. The molecule has 110 valence electrons. The van der Waals surface area contributed by atoms with Crippen LogP contribution in [0.5, 0.6) is 0 Å². The van der Waals surface area contributed by atoms with Crippen LogP contribution in [0.1, 0.15) is 10.4 Å². The second kappa shape index (κ2) is 6.09. The van der Waals surface area contributed by atoms with Crippen LogP contribution in [0.2, 0.25) is 5.02 Å². The van der Waals surface area contributed by atoms with E-state index < -0.39 is 16.0 Å². The molecule has 0 aromatic heterocycles. The smallest absolute Gasteiger partial charge is 0.337 e. The Morgan fingerprint density at radius 1 is 1.35 bits per heavy atom. The molecule has 1 aliphatic heterocycles. The monoisotopic (exact) mass is 318 g/mol. The molecule has 8 heteroatoms. The second-order valence-electron chi connectivity index (χ2n) is 4.29. The largest absolute Gasteiger partial charge is 0.465 e. The first-order valence-corrected chi connectivity index (χ1v) is 7.87. The molecule has 1 aromatic rings. The second-order valence-corrected chi connectivity index (χ2v) is 6.60. The summed E-state index contributed by atoms with van der Waals surface area (Å²) in [5, 5.41) is 3.17. The van der Waals surface area contributed by atoms with E-state index in [1.165, 1.54) is 29.6 Å². The van der Waals surface area contributed by atoms with Crippen molar-refractivity contribution < 1.29 is 17.9 Å². The zero-order chi connectivity index (χ0) is 14.8. The van der Waals surface area contributed by atoms with Crippen molar-refractivity contribution >= 4 is 27.6 Å². The van der Waals surface area contributed by atoms with E-state index in [9.17, 15) is 13.2 Å². The number of hydrogen-bond acceptors (Lipinski definition) is 5. The molecule has 0 unspecified atom stereocenters. The minimum absolute atomic E-state index is 0.0658. The number of hydrogen-bond donors (Lipinski definition) is 1. The number of piperazine rings is 1. The quantitative estimate of drug-likeness (QED) is 0.831. The zero-order valence-corrected chi connectivity index (χ0v) is 12.5. The Bertz CT molecular complexity index is 612. The zero-order valence-electron chi connectivity index (χ0n) is 10.9. The van der Waals surface area contributed by atoms with Gasteiger partial charge in [-0.2, -0.15) is 4.31 Å². The average molecular weight is 319 g/mol. The summed E-state index contributed by atoms with van der Waals surface area (Å²) in [6, 6.07) is 4.08. The maximum atomic E-state index is 12.5. The van der Waals surface area contributed by atoms with E-state index in [2.05, 4.69) is 10.1 Å². The summed E-state index contributed by atoms with van der Waals surface area (Å²) in [5.74, 6) is -0.599. The van der Waals surface area contributed by atoms with Gasteiger partial charge in [-0.15, -0.1) is 0 Å². The van der Waals surface area contributed by atoms with Gasteiger partial charge in [-0.1, -0.05) is 11.6 Å². The highest BCUT2D eigenvalue weighted by atomic mass is 35.5. The summed E-state index contributed by atoms with van der Waals surface area (Å²) >= 11 is 5.97. The SMILES string of the molecule is COC(=O)c1ccc(Cl)c(S(=O)(=O)N2CCNCC2)c1. The van der Waals surface area contributed by atoms with E-state index in [1.807, 2.05) is 0 Å². The van der Waals surface area contributed by atoms with Crippen LogP contribution in [0.4, 0.5) is 0 Å². The van der Waals surface area contributed by atoms with E-state index in [0.717, 1.165) is 0 Å². The van der Waals surface area contributed by atoms with E-state index in [0.29, 0.717) is 26.2 Å². The normalized spacial score (nSPS) is 16.9. The van der Waals surface area contributed by atoms with Crippen LogP contribution in [-0.4, -0.2) is 52.0 Å². The third-order valence-corrected chi connectivity index (χ3v) is 5.43. The third-order valence-electron chi connectivity index (χ3n) is 3.05. The average Bonchev–Trinajstić information content (AvgIpc) is 2.47. The molecule has 6 nitrogen and oxygen atoms in total. The van der Waals surface area contributed by atoms with Crippen molar-refractivity contribution in [1.82, 2.24) is 9.62 Å². The molecule has 1 aliphatic rings. The van der Waals surface area contributed by atoms with Crippen molar-refractivity contribution in [2.45, 2.75) is 4.90 Å². The van der Waals surface area contributed by atoms with E-state index in [4.69, 9.17) is 11.6 Å². The lowest BCUT2D eigenvalue weighted by molar-refractivity contribution is 0.0600. The van der Waals surface area contributed by atoms with Crippen LogP contribution in [0.3, 0.4) is 0 Å². The van der Waals surface area contributed by atoms with Crippen molar-refractivity contribution in [1.29, 1.82) is 0 Å². The number of halogens is 1. The number of carbonyl (C=O) groups is 1. The highest BCUT2D eigenvalue weighted by molar-refractivity contribution is 7.89. The summed E-state index contributed by atoms with van der Waals surface area (Å²) in [6.07, 6.45) is 0.